The molecule has 3 atom stereocenters. The minimum Gasteiger partial charge on any atom is -0.350 e. The zero-order valence-electron chi connectivity index (χ0n) is 19.2. The zero-order chi connectivity index (χ0) is 24.9. The molecule has 2 aliphatic rings. The lowest BCUT2D eigenvalue weighted by Crippen LogP contribution is -2.45. The van der Waals surface area contributed by atoms with Crippen molar-refractivity contribution in [3.8, 4) is 10.4 Å². The summed E-state index contributed by atoms with van der Waals surface area (Å²) in [7, 11) is 0. The normalized spacial score (nSPS) is 21.1. The van der Waals surface area contributed by atoms with Crippen molar-refractivity contribution in [2.24, 2.45) is 5.92 Å². The molecule has 1 saturated carbocycles. The van der Waals surface area contributed by atoms with Crippen molar-refractivity contribution in [2.75, 3.05) is 6.54 Å². The van der Waals surface area contributed by atoms with Crippen LogP contribution in [0, 0.1) is 19.8 Å². The summed E-state index contributed by atoms with van der Waals surface area (Å²) in [5.74, 6) is -0.361. The fourth-order valence-corrected chi connectivity index (χ4v) is 5.79. The predicted octanol–water partition coefficient (Wildman–Crippen LogP) is 5.48. The molecular weight excluding hydrogens is 475 g/mol. The minimum atomic E-state index is -4.52. The number of carbonyl (C=O) groups excluding carboxylic acids is 2. The molecule has 9 heteroatoms. The van der Waals surface area contributed by atoms with Crippen LogP contribution in [0.15, 0.2) is 48.5 Å². The van der Waals surface area contributed by atoms with Crippen LogP contribution in [0.1, 0.15) is 49.8 Å². The SMILES string of the molecule is Cc1cccc(-c2sc(C)nc2C(=O)N2[C@H](CNC(=O)c3cccc(C(F)(F)F)c3)C[C@@H]3C[C@@H]32)c1. The highest BCUT2D eigenvalue weighted by Crippen LogP contribution is 2.48. The van der Waals surface area contributed by atoms with Gasteiger partial charge in [0.2, 0.25) is 0 Å². The molecule has 2 fully saturated rings. The summed E-state index contributed by atoms with van der Waals surface area (Å²) in [5, 5.41) is 3.54. The second-order valence-electron chi connectivity index (χ2n) is 9.23. The fraction of sp³-hybridized carbons (Fsp3) is 0.346. The van der Waals surface area contributed by atoms with Crippen molar-refractivity contribution in [1.82, 2.24) is 15.2 Å². The maximum absolute atomic E-state index is 13.7. The van der Waals surface area contributed by atoms with Gasteiger partial charge in [-0.15, -0.1) is 11.3 Å². The number of aryl methyl sites for hydroxylation is 2. The smallest absolute Gasteiger partial charge is 0.350 e. The number of amides is 2. The lowest BCUT2D eigenvalue weighted by Gasteiger charge is -2.27. The van der Waals surface area contributed by atoms with Gasteiger partial charge in [-0.3, -0.25) is 9.59 Å². The van der Waals surface area contributed by atoms with Gasteiger partial charge in [0.15, 0.2) is 0 Å². The number of hydrogen-bond acceptors (Lipinski definition) is 4. The maximum atomic E-state index is 13.7. The molecule has 1 aliphatic carbocycles. The van der Waals surface area contributed by atoms with Crippen LogP contribution >= 0.6 is 11.3 Å². The van der Waals surface area contributed by atoms with Gasteiger partial charge < -0.3 is 10.2 Å². The molecule has 3 aromatic rings. The topological polar surface area (TPSA) is 62.3 Å². The Morgan fingerprint density at radius 1 is 1.11 bits per heavy atom. The van der Waals surface area contributed by atoms with Gasteiger partial charge in [-0.05, 0) is 56.4 Å². The molecule has 0 radical (unpaired) electrons. The second-order valence-corrected chi connectivity index (χ2v) is 10.4. The molecule has 1 saturated heterocycles. The van der Waals surface area contributed by atoms with E-state index >= 15 is 0 Å². The molecule has 1 aliphatic heterocycles. The monoisotopic (exact) mass is 499 g/mol. The third-order valence-corrected chi connectivity index (χ3v) is 7.63. The number of benzene rings is 2. The van der Waals surface area contributed by atoms with Crippen LogP contribution in [0.2, 0.25) is 0 Å². The number of aromatic nitrogens is 1. The molecule has 5 rings (SSSR count). The Hall–Kier alpha value is -3.20. The van der Waals surface area contributed by atoms with Crippen molar-refractivity contribution in [2.45, 2.75) is 44.9 Å². The first-order valence-corrected chi connectivity index (χ1v) is 12.3. The van der Waals surface area contributed by atoms with Crippen molar-refractivity contribution in [3.05, 3.63) is 75.9 Å². The Balaban J connectivity index is 1.34. The highest BCUT2D eigenvalue weighted by atomic mass is 32.1. The average Bonchev–Trinajstić information content (AvgIpc) is 3.30. The number of carbonyl (C=O) groups is 2. The summed E-state index contributed by atoms with van der Waals surface area (Å²) >= 11 is 1.48. The van der Waals surface area contributed by atoms with E-state index in [1.165, 1.54) is 23.5 Å². The van der Waals surface area contributed by atoms with Crippen molar-refractivity contribution in [1.29, 1.82) is 0 Å². The number of piperidine rings is 1. The molecule has 2 aromatic carbocycles. The molecule has 1 aromatic heterocycles. The lowest BCUT2D eigenvalue weighted by molar-refractivity contribution is -0.137. The molecule has 5 nitrogen and oxygen atoms in total. The number of thiazole rings is 1. The number of nitrogens with zero attached hydrogens (tertiary/aromatic N) is 2. The summed E-state index contributed by atoms with van der Waals surface area (Å²) in [5.41, 5.74) is 1.52. The first-order valence-electron chi connectivity index (χ1n) is 11.4. The van der Waals surface area contributed by atoms with E-state index in [9.17, 15) is 22.8 Å². The fourth-order valence-electron chi connectivity index (χ4n) is 4.88. The van der Waals surface area contributed by atoms with Crippen molar-refractivity contribution in [3.63, 3.8) is 0 Å². The van der Waals surface area contributed by atoms with E-state index in [-0.39, 0.29) is 30.1 Å². The van der Waals surface area contributed by atoms with Crippen LogP contribution in [0.25, 0.3) is 10.4 Å². The van der Waals surface area contributed by atoms with Gasteiger partial charge in [0.05, 0.1) is 21.5 Å². The van der Waals surface area contributed by atoms with E-state index in [0.29, 0.717) is 11.6 Å². The summed E-state index contributed by atoms with van der Waals surface area (Å²) in [6, 6.07) is 12.2. The molecule has 0 unspecified atom stereocenters. The molecule has 0 bridgehead atoms. The molecule has 35 heavy (non-hydrogen) atoms. The molecule has 2 amide bonds. The van der Waals surface area contributed by atoms with Crippen LogP contribution < -0.4 is 5.32 Å². The number of rotatable bonds is 5. The highest BCUT2D eigenvalue weighted by molar-refractivity contribution is 7.15. The number of fused-ring (bicyclic) bond motifs is 1. The molecule has 2 heterocycles. The zero-order valence-corrected chi connectivity index (χ0v) is 20.0. The lowest BCUT2D eigenvalue weighted by atomic mass is 10.1. The Morgan fingerprint density at radius 2 is 1.89 bits per heavy atom. The summed E-state index contributed by atoms with van der Waals surface area (Å²) < 4.78 is 39.0. The maximum Gasteiger partial charge on any atom is 0.416 e. The van der Waals surface area contributed by atoms with Gasteiger partial charge in [-0.2, -0.15) is 13.2 Å². The molecular formula is C26H24F3N3O2S. The number of alkyl halides is 3. The van der Waals surface area contributed by atoms with Gasteiger partial charge in [-0.1, -0.05) is 35.9 Å². The standard InChI is InChI=1S/C26H24F3N3O2S/c1-14-5-3-6-16(9-14)23-22(31-15(2)35-23)25(34)32-20(11-18-12-21(18)32)13-30-24(33)17-7-4-8-19(10-17)26(27,28)29/h3-10,18,20-21H,11-13H2,1-2H3,(H,30,33)/t18-,20+,21+/m1/s1. The largest absolute Gasteiger partial charge is 0.416 e. The van der Waals surface area contributed by atoms with Crippen LogP contribution in [0.5, 0.6) is 0 Å². The van der Waals surface area contributed by atoms with Gasteiger partial charge in [-0.25, -0.2) is 4.98 Å². The van der Waals surface area contributed by atoms with Gasteiger partial charge in [0.25, 0.3) is 11.8 Å². The van der Waals surface area contributed by atoms with E-state index in [1.807, 2.05) is 43.0 Å². The summed E-state index contributed by atoms with van der Waals surface area (Å²) in [6.07, 6.45) is -2.85. The summed E-state index contributed by atoms with van der Waals surface area (Å²) in [6.45, 7) is 4.05. The van der Waals surface area contributed by atoms with Crippen molar-refractivity contribution < 1.29 is 22.8 Å². The second kappa shape index (κ2) is 8.78. The Kier molecular flexibility index (Phi) is 5.91. The molecule has 182 valence electrons. The Bertz CT molecular complexity index is 1300. The van der Waals surface area contributed by atoms with E-state index in [2.05, 4.69) is 10.3 Å². The quantitative estimate of drug-likeness (QED) is 0.506. The minimum absolute atomic E-state index is 0.0577. The molecule has 1 N–H and O–H groups in total. The highest BCUT2D eigenvalue weighted by Gasteiger charge is 2.54. The van der Waals surface area contributed by atoms with E-state index in [1.54, 1.807) is 0 Å². The van der Waals surface area contributed by atoms with Crippen LogP contribution in [-0.2, 0) is 6.18 Å². The third kappa shape index (κ3) is 4.69. The predicted molar refractivity (Wildman–Crippen MR) is 127 cm³/mol. The van der Waals surface area contributed by atoms with E-state index in [4.69, 9.17) is 0 Å². The summed E-state index contributed by atoms with van der Waals surface area (Å²) in [4.78, 5) is 33.5. The van der Waals surface area contributed by atoms with E-state index < -0.39 is 17.6 Å². The number of likely N-dealkylation sites (tertiary alicyclic amines) is 1. The number of hydrogen-bond donors (Lipinski definition) is 1. The first-order chi connectivity index (χ1) is 16.6. The number of halogens is 3. The van der Waals surface area contributed by atoms with Crippen molar-refractivity contribution >= 4 is 23.2 Å². The number of nitrogens with one attached hydrogen (secondary N) is 1. The Morgan fingerprint density at radius 3 is 2.63 bits per heavy atom. The van der Waals surface area contributed by atoms with Gasteiger partial charge in [0, 0.05) is 18.2 Å². The van der Waals surface area contributed by atoms with Gasteiger partial charge >= 0.3 is 6.18 Å². The Labute approximate surface area is 205 Å². The van der Waals surface area contributed by atoms with E-state index in [0.717, 1.165) is 46.0 Å². The third-order valence-electron chi connectivity index (χ3n) is 6.61. The first kappa shape index (κ1) is 23.5. The van der Waals surface area contributed by atoms with Crippen LogP contribution in [0.4, 0.5) is 13.2 Å². The average molecular weight is 500 g/mol. The van der Waals surface area contributed by atoms with Crippen LogP contribution in [-0.4, -0.2) is 40.3 Å². The van der Waals surface area contributed by atoms with Gasteiger partial charge in [0.1, 0.15) is 5.69 Å². The molecule has 0 spiro atoms. The van der Waals surface area contributed by atoms with Crippen LogP contribution in [0.3, 0.4) is 0 Å².